The minimum Gasteiger partial charge on any atom is -0.364 e. The highest BCUT2D eigenvalue weighted by atomic mass is 31.2. The SMILES string of the molecule is NCCc1c2nc3n1OP(=O)(O2)O3. The average molecular weight is 203 g/mol. The zero-order chi connectivity index (χ0) is 9.05. The Morgan fingerprint density at radius 1 is 1.54 bits per heavy atom. The maximum Gasteiger partial charge on any atom is 0.670 e. The van der Waals surface area contributed by atoms with Gasteiger partial charge in [0.05, 0.1) is 0 Å². The van der Waals surface area contributed by atoms with E-state index in [1.165, 1.54) is 4.73 Å². The van der Waals surface area contributed by atoms with Crippen LogP contribution < -0.4 is 19.4 Å². The first-order chi connectivity index (χ1) is 6.22. The summed E-state index contributed by atoms with van der Waals surface area (Å²) in [6.45, 7) is 0.440. The van der Waals surface area contributed by atoms with E-state index >= 15 is 0 Å². The molecule has 70 valence electrons. The number of aromatic nitrogens is 2. The van der Waals surface area contributed by atoms with Crippen LogP contribution in [0.2, 0.25) is 0 Å². The molecule has 0 radical (unpaired) electrons. The fourth-order valence-corrected chi connectivity index (χ4v) is 2.46. The molecule has 0 aliphatic carbocycles. The molecule has 4 rings (SSSR count). The van der Waals surface area contributed by atoms with Gasteiger partial charge >= 0.3 is 13.8 Å². The van der Waals surface area contributed by atoms with Gasteiger partial charge in [-0.2, -0.15) is 9.55 Å². The first-order valence-electron chi connectivity index (χ1n) is 3.73. The van der Waals surface area contributed by atoms with Crippen molar-refractivity contribution < 1.29 is 18.2 Å². The Kier molecular flexibility index (Phi) is 1.11. The molecule has 8 heteroatoms. The number of hydrogen-bond acceptors (Lipinski definition) is 6. The lowest BCUT2D eigenvalue weighted by Gasteiger charge is -2.15. The number of rotatable bonds is 2. The molecule has 0 fully saturated rings. The number of phosphoric acid groups is 1. The van der Waals surface area contributed by atoms with Gasteiger partial charge in [-0.15, -0.1) is 4.73 Å². The zero-order valence-electron chi connectivity index (χ0n) is 6.47. The van der Waals surface area contributed by atoms with Gasteiger partial charge in [-0.25, -0.2) is 0 Å². The molecule has 0 amide bonds. The second-order valence-electron chi connectivity index (χ2n) is 2.69. The zero-order valence-corrected chi connectivity index (χ0v) is 7.36. The largest absolute Gasteiger partial charge is 0.670 e. The molecule has 0 saturated carbocycles. The maximum absolute atomic E-state index is 11.4. The molecule has 2 N–H and O–H groups in total. The normalized spacial score (nSPS) is 26.8. The van der Waals surface area contributed by atoms with E-state index in [1.807, 2.05) is 0 Å². The van der Waals surface area contributed by atoms with E-state index < -0.39 is 7.82 Å². The summed E-state index contributed by atoms with van der Waals surface area (Å²) in [5, 5.41) is 0. The lowest BCUT2D eigenvalue weighted by molar-refractivity contribution is 0.218. The van der Waals surface area contributed by atoms with Crippen LogP contribution in [0.1, 0.15) is 5.69 Å². The van der Waals surface area contributed by atoms with Crippen molar-refractivity contribution in [2.75, 3.05) is 6.54 Å². The van der Waals surface area contributed by atoms with E-state index in [2.05, 4.69) is 4.98 Å². The molecule has 4 heterocycles. The summed E-state index contributed by atoms with van der Waals surface area (Å²) in [6, 6.07) is 0.188. The minimum atomic E-state index is -3.39. The van der Waals surface area contributed by atoms with Crippen molar-refractivity contribution in [1.82, 2.24) is 9.71 Å². The number of hydrogen-bond donors (Lipinski definition) is 1. The van der Waals surface area contributed by atoms with Crippen LogP contribution in [0.3, 0.4) is 0 Å². The summed E-state index contributed by atoms with van der Waals surface area (Å²) in [5.41, 5.74) is 6.04. The van der Waals surface area contributed by atoms with E-state index in [1.54, 1.807) is 0 Å². The van der Waals surface area contributed by atoms with E-state index in [4.69, 9.17) is 19.4 Å². The van der Waals surface area contributed by atoms with Crippen molar-refractivity contribution >= 4 is 7.82 Å². The van der Waals surface area contributed by atoms with Gasteiger partial charge in [0.2, 0.25) is 0 Å². The van der Waals surface area contributed by atoms with Gasteiger partial charge in [-0.3, -0.25) is 4.62 Å². The molecule has 3 aliphatic rings. The maximum atomic E-state index is 11.4. The Labute approximate surface area is 73.0 Å². The van der Waals surface area contributed by atoms with Crippen molar-refractivity contribution in [3.8, 4) is 11.9 Å². The fraction of sp³-hybridized carbons (Fsp3) is 0.400. The minimum absolute atomic E-state index is 0.188. The molecule has 1 atom stereocenters. The second-order valence-corrected chi connectivity index (χ2v) is 4.11. The molecule has 0 spiro atoms. The van der Waals surface area contributed by atoms with Crippen LogP contribution in [-0.2, 0) is 11.0 Å². The van der Waals surface area contributed by atoms with Gasteiger partial charge in [0.1, 0.15) is 5.69 Å². The Bertz CT molecular complexity index is 422. The van der Waals surface area contributed by atoms with E-state index in [-0.39, 0.29) is 6.01 Å². The quantitative estimate of drug-likeness (QED) is 0.664. The van der Waals surface area contributed by atoms with Gasteiger partial charge in [0.15, 0.2) is 0 Å². The average Bonchev–Trinajstić information content (AvgIpc) is 2.42. The highest BCUT2D eigenvalue weighted by Gasteiger charge is 2.51. The lowest BCUT2D eigenvalue weighted by Crippen LogP contribution is -2.17. The van der Waals surface area contributed by atoms with Crippen LogP contribution in [0, 0.1) is 0 Å². The second kappa shape index (κ2) is 2.00. The van der Waals surface area contributed by atoms with Crippen molar-refractivity contribution in [3.63, 3.8) is 0 Å². The van der Waals surface area contributed by atoms with Crippen molar-refractivity contribution in [1.29, 1.82) is 0 Å². The van der Waals surface area contributed by atoms with E-state index in [0.29, 0.717) is 24.5 Å². The molecular weight excluding hydrogens is 197 g/mol. The third-order valence-electron chi connectivity index (χ3n) is 1.82. The third kappa shape index (κ3) is 0.777. The van der Waals surface area contributed by atoms with Gasteiger partial charge in [-0.05, 0) is 6.54 Å². The molecule has 1 aromatic heterocycles. The molecule has 0 aromatic carbocycles. The molecule has 1 unspecified atom stereocenters. The number of nitrogens with zero attached hydrogens (tertiary/aromatic N) is 2. The molecule has 3 aliphatic heterocycles. The molecule has 0 saturated heterocycles. The lowest BCUT2D eigenvalue weighted by atomic mass is 10.3. The van der Waals surface area contributed by atoms with Gasteiger partial charge in [0, 0.05) is 6.42 Å². The predicted molar refractivity (Wildman–Crippen MR) is 40.4 cm³/mol. The van der Waals surface area contributed by atoms with Crippen LogP contribution in [0.5, 0.6) is 11.9 Å². The van der Waals surface area contributed by atoms with Gasteiger partial charge in [0.25, 0.3) is 5.88 Å². The Morgan fingerprint density at radius 2 is 2.38 bits per heavy atom. The molecule has 7 nitrogen and oxygen atoms in total. The van der Waals surface area contributed by atoms with E-state index in [9.17, 15) is 4.57 Å². The highest BCUT2D eigenvalue weighted by Crippen LogP contribution is 2.57. The first kappa shape index (κ1) is 7.23. The summed E-state index contributed by atoms with van der Waals surface area (Å²) in [6.07, 6.45) is 0.547. The summed E-state index contributed by atoms with van der Waals surface area (Å²) in [5.74, 6) is 0.307. The smallest absolute Gasteiger partial charge is 0.364 e. The molecular formula is C5H6N3O4P. The standard InChI is InChI=1S/C5H6N3O4P/c6-2-1-3-4-7-5-8(3)12-13(9,10-4)11-5/h1-2,6H2. The summed E-state index contributed by atoms with van der Waals surface area (Å²) in [7, 11) is -3.39. The van der Waals surface area contributed by atoms with Crippen LogP contribution in [0.25, 0.3) is 0 Å². The molecule has 13 heavy (non-hydrogen) atoms. The Balaban J connectivity index is 2.16. The van der Waals surface area contributed by atoms with E-state index in [0.717, 1.165) is 0 Å². The number of imidazole rings is 1. The number of nitrogens with two attached hydrogens (primary N) is 1. The summed E-state index contributed by atoms with van der Waals surface area (Å²) < 4.78 is 27.3. The van der Waals surface area contributed by atoms with Crippen molar-refractivity contribution in [3.05, 3.63) is 5.69 Å². The fourth-order valence-electron chi connectivity index (χ4n) is 1.32. The van der Waals surface area contributed by atoms with Crippen molar-refractivity contribution in [2.24, 2.45) is 5.73 Å². The van der Waals surface area contributed by atoms with Crippen LogP contribution in [0.4, 0.5) is 0 Å². The topological polar surface area (TPSA) is 88.6 Å². The van der Waals surface area contributed by atoms with Gasteiger partial charge in [-0.1, -0.05) is 0 Å². The third-order valence-corrected chi connectivity index (χ3v) is 2.96. The monoisotopic (exact) mass is 203 g/mol. The van der Waals surface area contributed by atoms with Crippen LogP contribution >= 0.6 is 7.82 Å². The van der Waals surface area contributed by atoms with Crippen LogP contribution in [0.15, 0.2) is 0 Å². The summed E-state index contributed by atoms with van der Waals surface area (Å²) in [4.78, 5) is 3.89. The Hall–Kier alpha value is -1.20. The summed E-state index contributed by atoms with van der Waals surface area (Å²) >= 11 is 0. The molecule has 4 bridgehead atoms. The van der Waals surface area contributed by atoms with Crippen LogP contribution in [-0.4, -0.2) is 16.3 Å². The Morgan fingerprint density at radius 3 is 3.08 bits per heavy atom. The highest BCUT2D eigenvalue weighted by molar-refractivity contribution is 7.49. The predicted octanol–water partition coefficient (Wildman–Crippen LogP) is -0.294. The molecule has 1 aromatic rings. The number of phosphoric ester groups is 1. The van der Waals surface area contributed by atoms with Crippen molar-refractivity contribution in [2.45, 2.75) is 6.42 Å². The first-order valence-corrected chi connectivity index (χ1v) is 5.19. The van der Waals surface area contributed by atoms with Gasteiger partial charge < -0.3 is 14.8 Å².